The minimum absolute atomic E-state index is 0.0401. The molecule has 0 N–H and O–H groups in total. The Morgan fingerprint density at radius 3 is 2.20 bits per heavy atom. The summed E-state index contributed by atoms with van der Waals surface area (Å²) in [6.45, 7) is 2.86. The maximum absolute atomic E-state index is 12.4. The second-order valence-electron chi connectivity index (χ2n) is 5.76. The van der Waals surface area contributed by atoms with Crippen molar-refractivity contribution in [2.24, 2.45) is 0 Å². The smallest absolute Gasteiger partial charge is 0.246 e. The van der Waals surface area contributed by atoms with Gasteiger partial charge in [0.15, 0.2) is 0 Å². The fourth-order valence-corrected chi connectivity index (χ4v) is 3.50. The van der Waals surface area contributed by atoms with Crippen LogP contribution in [0.3, 0.4) is 0 Å². The Labute approximate surface area is 162 Å². The van der Waals surface area contributed by atoms with Crippen molar-refractivity contribution in [3.8, 4) is 0 Å². The van der Waals surface area contributed by atoms with E-state index in [1.807, 2.05) is 29.2 Å². The number of halogens is 3. The molecule has 2 aromatic rings. The Bertz CT molecular complexity index is 779. The summed E-state index contributed by atoms with van der Waals surface area (Å²) in [7, 11) is 0. The normalized spacial score (nSPS) is 15.0. The molecule has 0 atom stereocenters. The number of nitrogens with zero attached hydrogens (tertiary/aromatic N) is 2. The molecule has 1 heterocycles. The monoisotopic (exact) mass is 394 g/mol. The first-order valence-corrected chi connectivity index (χ1v) is 9.09. The molecule has 6 heteroatoms. The van der Waals surface area contributed by atoms with Crippen molar-refractivity contribution in [1.82, 2.24) is 4.90 Å². The third-order valence-electron chi connectivity index (χ3n) is 4.16. The van der Waals surface area contributed by atoms with E-state index in [1.54, 1.807) is 24.3 Å². The highest BCUT2D eigenvalue weighted by Crippen LogP contribution is 2.25. The van der Waals surface area contributed by atoms with Crippen molar-refractivity contribution in [3.63, 3.8) is 0 Å². The van der Waals surface area contributed by atoms with Gasteiger partial charge in [0.1, 0.15) is 0 Å². The highest BCUT2D eigenvalue weighted by Gasteiger charge is 2.20. The molecule has 0 aromatic heterocycles. The van der Waals surface area contributed by atoms with Crippen LogP contribution in [0.15, 0.2) is 48.5 Å². The molecule has 3 rings (SSSR count). The summed E-state index contributed by atoms with van der Waals surface area (Å²) >= 11 is 18.3. The van der Waals surface area contributed by atoms with E-state index in [2.05, 4.69) is 4.90 Å². The van der Waals surface area contributed by atoms with Crippen molar-refractivity contribution in [2.45, 2.75) is 0 Å². The Hall–Kier alpha value is -1.68. The average molecular weight is 396 g/mol. The lowest BCUT2D eigenvalue weighted by Crippen LogP contribution is -2.48. The topological polar surface area (TPSA) is 23.6 Å². The fourth-order valence-electron chi connectivity index (χ4n) is 2.79. The maximum atomic E-state index is 12.4. The summed E-state index contributed by atoms with van der Waals surface area (Å²) in [5, 5.41) is 1.78. The van der Waals surface area contributed by atoms with Crippen LogP contribution in [0.1, 0.15) is 5.56 Å². The second kappa shape index (κ2) is 8.13. The molecule has 0 unspecified atom stereocenters. The van der Waals surface area contributed by atoms with E-state index in [9.17, 15) is 4.79 Å². The van der Waals surface area contributed by atoms with Crippen molar-refractivity contribution >= 4 is 52.5 Å². The van der Waals surface area contributed by atoms with E-state index in [4.69, 9.17) is 34.8 Å². The van der Waals surface area contributed by atoms with E-state index in [1.165, 1.54) is 6.08 Å². The van der Waals surface area contributed by atoms with Gasteiger partial charge in [-0.05, 0) is 36.4 Å². The van der Waals surface area contributed by atoms with Crippen LogP contribution in [-0.4, -0.2) is 37.0 Å². The first-order chi connectivity index (χ1) is 12.0. The third-order valence-corrected chi connectivity index (χ3v) is 5.05. The maximum Gasteiger partial charge on any atom is 0.246 e. The van der Waals surface area contributed by atoms with Gasteiger partial charge >= 0.3 is 0 Å². The number of anilines is 1. The number of rotatable bonds is 3. The molecule has 1 saturated heterocycles. The van der Waals surface area contributed by atoms with Crippen molar-refractivity contribution < 1.29 is 4.79 Å². The molecule has 0 bridgehead atoms. The van der Waals surface area contributed by atoms with Crippen LogP contribution in [0.5, 0.6) is 0 Å². The molecule has 0 spiro atoms. The van der Waals surface area contributed by atoms with Crippen molar-refractivity contribution in [1.29, 1.82) is 0 Å². The quantitative estimate of drug-likeness (QED) is 0.682. The van der Waals surface area contributed by atoms with Gasteiger partial charge in [-0.1, -0.05) is 46.9 Å². The van der Waals surface area contributed by atoms with Gasteiger partial charge in [0.2, 0.25) is 5.91 Å². The number of amides is 1. The highest BCUT2D eigenvalue weighted by atomic mass is 35.5. The first kappa shape index (κ1) is 18.1. The predicted molar refractivity (Wildman–Crippen MR) is 106 cm³/mol. The Kier molecular flexibility index (Phi) is 5.89. The first-order valence-electron chi connectivity index (χ1n) is 7.96. The number of carbonyl (C=O) groups is 1. The van der Waals surface area contributed by atoms with Crippen LogP contribution in [0, 0.1) is 0 Å². The van der Waals surface area contributed by atoms with Gasteiger partial charge in [0, 0.05) is 58.6 Å². The molecule has 2 aromatic carbocycles. The van der Waals surface area contributed by atoms with E-state index in [-0.39, 0.29) is 5.91 Å². The van der Waals surface area contributed by atoms with Gasteiger partial charge < -0.3 is 9.80 Å². The van der Waals surface area contributed by atoms with Crippen LogP contribution in [0.4, 0.5) is 5.69 Å². The van der Waals surface area contributed by atoms with Crippen molar-refractivity contribution in [2.75, 3.05) is 31.1 Å². The zero-order chi connectivity index (χ0) is 17.8. The largest absolute Gasteiger partial charge is 0.368 e. The number of benzene rings is 2. The van der Waals surface area contributed by atoms with E-state index >= 15 is 0 Å². The molecular weight excluding hydrogens is 379 g/mol. The summed E-state index contributed by atoms with van der Waals surface area (Å²) < 4.78 is 0. The average Bonchev–Trinajstić information content (AvgIpc) is 2.61. The lowest BCUT2D eigenvalue weighted by molar-refractivity contribution is -0.126. The number of hydrogen-bond donors (Lipinski definition) is 0. The van der Waals surface area contributed by atoms with Gasteiger partial charge in [0.25, 0.3) is 0 Å². The fraction of sp³-hybridized carbons (Fsp3) is 0.211. The van der Waals surface area contributed by atoms with E-state index < -0.39 is 0 Å². The summed E-state index contributed by atoms with van der Waals surface area (Å²) in [4.78, 5) is 16.5. The standard InChI is InChI=1S/C19H17Cl3N2O/c20-14-3-1-4-15(13-14)23-9-11-24(12-10-23)19(25)8-7-16-17(21)5-2-6-18(16)22/h1-8,13H,9-12H2/b8-7+. The third kappa shape index (κ3) is 4.49. The van der Waals surface area contributed by atoms with Gasteiger partial charge in [-0.2, -0.15) is 0 Å². The van der Waals surface area contributed by atoms with E-state index in [0.29, 0.717) is 28.7 Å². The molecule has 130 valence electrons. The Morgan fingerprint density at radius 2 is 1.56 bits per heavy atom. The van der Waals surface area contributed by atoms with Crippen LogP contribution in [0.2, 0.25) is 15.1 Å². The molecule has 0 radical (unpaired) electrons. The molecule has 3 nitrogen and oxygen atoms in total. The second-order valence-corrected chi connectivity index (χ2v) is 7.01. The van der Waals surface area contributed by atoms with Gasteiger partial charge in [0.05, 0.1) is 0 Å². The SMILES string of the molecule is O=C(/C=C/c1c(Cl)cccc1Cl)N1CCN(c2cccc(Cl)c2)CC1. The van der Waals surface area contributed by atoms with Crippen LogP contribution < -0.4 is 4.90 Å². The lowest BCUT2D eigenvalue weighted by Gasteiger charge is -2.35. The van der Waals surface area contributed by atoms with E-state index in [0.717, 1.165) is 23.8 Å². The van der Waals surface area contributed by atoms with Gasteiger partial charge in [-0.3, -0.25) is 4.79 Å². The molecule has 1 aliphatic rings. The summed E-state index contributed by atoms with van der Waals surface area (Å²) in [5.74, 6) is -0.0401. The minimum atomic E-state index is -0.0401. The molecule has 1 aliphatic heterocycles. The molecule has 25 heavy (non-hydrogen) atoms. The van der Waals surface area contributed by atoms with Crippen molar-refractivity contribution in [3.05, 3.63) is 69.2 Å². The number of carbonyl (C=O) groups excluding carboxylic acids is 1. The highest BCUT2D eigenvalue weighted by molar-refractivity contribution is 6.37. The molecule has 1 amide bonds. The summed E-state index contributed by atoms with van der Waals surface area (Å²) in [6.07, 6.45) is 3.21. The molecule has 0 saturated carbocycles. The zero-order valence-electron chi connectivity index (χ0n) is 13.5. The number of piperazine rings is 1. The molecular formula is C19H17Cl3N2O. The van der Waals surface area contributed by atoms with Crippen LogP contribution in [0.25, 0.3) is 6.08 Å². The van der Waals surface area contributed by atoms with Crippen LogP contribution in [-0.2, 0) is 4.79 Å². The van der Waals surface area contributed by atoms with Gasteiger partial charge in [-0.15, -0.1) is 0 Å². The molecule has 1 fully saturated rings. The lowest BCUT2D eigenvalue weighted by atomic mass is 10.2. The minimum Gasteiger partial charge on any atom is -0.368 e. The van der Waals surface area contributed by atoms with Gasteiger partial charge in [-0.25, -0.2) is 0 Å². The number of hydrogen-bond acceptors (Lipinski definition) is 2. The Morgan fingerprint density at radius 1 is 0.920 bits per heavy atom. The van der Waals surface area contributed by atoms with Crippen LogP contribution >= 0.6 is 34.8 Å². The summed E-state index contributed by atoms with van der Waals surface area (Å²) in [5.41, 5.74) is 1.75. The zero-order valence-corrected chi connectivity index (χ0v) is 15.7. The Balaban J connectivity index is 1.61. The molecule has 0 aliphatic carbocycles. The summed E-state index contributed by atoms with van der Waals surface area (Å²) in [6, 6.07) is 13.0. The predicted octanol–water partition coefficient (Wildman–Crippen LogP) is 5.01.